The first-order valence-corrected chi connectivity index (χ1v) is 7.53. The molecular weight excluding hydrogens is 270 g/mol. The van der Waals surface area contributed by atoms with Gasteiger partial charge in [0.05, 0.1) is 10.6 Å². The topological polar surface area (TPSA) is 39.2 Å². The Morgan fingerprint density at radius 3 is 2.45 bits per heavy atom. The summed E-state index contributed by atoms with van der Waals surface area (Å²) in [5, 5.41) is 0.856. The minimum Gasteiger partial charge on any atom is -0.486 e. The van der Waals surface area contributed by atoms with Crippen LogP contribution in [0.4, 0.5) is 0 Å². The maximum atomic E-state index is 11.6. The average Bonchev–Trinajstić information content (AvgIpc) is 2.81. The van der Waals surface area contributed by atoms with Gasteiger partial charge in [-0.25, -0.2) is 4.98 Å². The van der Waals surface area contributed by atoms with Gasteiger partial charge in [-0.05, 0) is 31.4 Å². The Morgan fingerprint density at radius 2 is 1.95 bits per heavy atom. The van der Waals surface area contributed by atoms with Crippen molar-refractivity contribution >= 4 is 17.1 Å². The Labute approximate surface area is 123 Å². The number of ketones is 1. The van der Waals surface area contributed by atoms with E-state index in [1.807, 2.05) is 39.0 Å². The van der Waals surface area contributed by atoms with Gasteiger partial charge in [-0.3, -0.25) is 4.79 Å². The monoisotopic (exact) mass is 289 g/mol. The second-order valence-electron chi connectivity index (χ2n) is 4.80. The maximum absolute atomic E-state index is 11.6. The molecule has 0 unspecified atom stereocenters. The zero-order chi connectivity index (χ0) is 14.7. The summed E-state index contributed by atoms with van der Waals surface area (Å²) >= 11 is 1.44. The minimum absolute atomic E-state index is 0.0812. The molecule has 0 aliphatic carbocycles. The summed E-state index contributed by atoms with van der Waals surface area (Å²) in [5.74, 6) is 0.989. The molecule has 0 aliphatic rings. The molecule has 1 aromatic heterocycles. The van der Waals surface area contributed by atoms with Crippen LogP contribution >= 0.6 is 11.3 Å². The minimum atomic E-state index is 0.0812. The summed E-state index contributed by atoms with van der Waals surface area (Å²) in [6.45, 7) is 8.07. The molecule has 0 bridgehead atoms. The van der Waals surface area contributed by atoms with E-state index < -0.39 is 0 Å². The first-order valence-electron chi connectivity index (χ1n) is 6.71. The van der Waals surface area contributed by atoms with E-state index in [0.29, 0.717) is 6.61 Å². The number of thiazole rings is 1. The molecule has 3 nitrogen and oxygen atoms in total. The van der Waals surface area contributed by atoms with Gasteiger partial charge in [-0.1, -0.05) is 25.1 Å². The third-order valence-electron chi connectivity index (χ3n) is 3.15. The fourth-order valence-electron chi connectivity index (χ4n) is 2.14. The van der Waals surface area contributed by atoms with Crippen molar-refractivity contribution in [2.24, 2.45) is 0 Å². The average molecular weight is 289 g/mol. The van der Waals surface area contributed by atoms with Crippen LogP contribution in [-0.4, -0.2) is 10.8 Å². The molecule has 20 heavy (non-hydrogen) atoms. The van der Waals surface area contributed by atoms with E-state index in [4.69, 9.17) is 4.74 Å². The van der Waals surface area contributed by atoms with Crippen molar-refractivity contribution in [2.75, 3.05) is 0 Å². The van der Waals surface area contributed by atoms with Crippen molar-refractivity contribution in [2.45, 2.75) is 40.7 Å². The van der Waals surface area contributed by atoms with Crippen molar-refractivity contribution in [3.05, 3.63) is 44.9 Å². The van der Waals surface area contributed by atoms with Crippen LogP contribution in [0, 0.1) is 13.8 Å². The van der Waals surface area contributed by atoms with Gasteiger partial charge in [-0.15, -0.1) is 11.3 Å². The van der Waals surface area contributed by atoms with Crippen molar-refractivity contribution < 1.29 is 9.53 Å². The van der Waals surface area contributed by atoms with E-state index in [1.54, 1.807) is 6.92 Å². The van der Waals surface area contributed by atoms with Gasteiger partial charge in [0.2, 0.25) is 0 Å². The Hall–Kier alpha value is -1.68. The van der Waals surface area contributed by atoms with E-state index in [9.17, 15) is 4.79 Å². The number of aromatic nitrogens is 1. The molecule has 0 spiro atoms. The molecule has 0 radical (unpaired) electrons. The molecule has 0 fully saturated rings. The Kier molecular flexibility index (Phi) is 4.55. The standard InChI is InChI=1S/C16H19NO2S/c1-5-13-16(12(4)18)20-14(17-13)9-19-15-10(2)7-6-8-11(15)3/h6-8H,5,9H2,1-4H3. The lowest BCUT2D eigenvalue weighted by Crippen LogP contribution is -1.98. The number of hydrogen-bond donors (Lipinski definition) is 0. The van der Waals surface area contributed by atoms with Gasteiger partial charge < -0.3 is 4.74 Å². The number of para-hydroxylation sites is 1. The van der Waals surface area contributed by atoms with Gasteiger partial charge in [0.1, 0.15) is 17.4 Å². The van der Waals surface area contributed by atoms with Crippen LogP contribution in [0.2, 0.25) is 0 Å². The molecule has 0 atom stereocenters. The Bertz CT molecular complexity index is 611. The lowest BCUT2D eigenvalue weighted by Gasteiger charge is -2.10. The quantitative estimate of drug-likeness (QED) is 0.778. The molecule has 106 valence electrons. The molecular formula is C16H19NO2S. The first-order chi connectivity index (χ1) is 9.52. The number of aryl methyl sites for hydroxylation is 3. The molecule has 2 aromatic rings. The fraction of sp³-hybridized carbons (Fsp3) is 0.375. The van der Waals surface area contributed by atoms with Crippen LogP contribution in [0.3, 0.4) is 0 Å². The highest BCUT2D eigenvalue weighted by molar-refractivity contribution is 7.13. The molecule has 1 aromatic carbocycles. The van der Waals surface area contributed by atoms with Crippen molar-refractivity contribution in [3.63, 3.8) is 0 Å². The lowest BCUT2D eigenvalue weighted by molar-refractivity contribution is 0.102. The van der Waals surface area contributed by atoms with Crippen molar-refractivity contribution in [1.82, 2.24) is 4.98 Å². The number of ether oxygens (including phenoxy) is 1. The summed E-state index contributed by atoms with van der Waals surface area (Å²) in [4.78, 5) is 16.8. The van der Waals surface area contributed by atoms with E-state index in [-0.39, 0.29) is 5.78 Å². The van der Waals surface area contributed by atoms with E-state index >= 15 is 0 Å². The molecule has 0 aliphatic heterocycles. The second-order valence-corrected chi connectivity index (χ2v) is 5.89. The second kappa shape index (κ2) is 6.18. The predicted octanol–water partition coefficient (Wildman–Crippen LogP) is 4.10. The summed E-state index contributed by atoms with van der Waals surface area (Å²) in [7, 11) is 0. The number of rotatable bonds is 5. The molecule has 0 amide bonds. The summed E-state index contributed by atoms with van der Waals surface area (Å²) in [5.41, 5.74) is 3.11. The van der Waals surface area contributed by atoms with Crippen LogP contribution in [0.5, 0.6) is 5.75 Å². The van der Waals surface area contributed by atoms with Crippen molar-refractivity contribution in [1.29, 1.82) is 0 Å². The normalized spacial score (nSPS) is 10.6. The van der Waals surface area contributed by atoms with Gasteiger partial charge >= 0.3 is 0 Å². The highest BCUT2D eigenvalue weighted by Gasteiger charge is 2.14. The Morgan fingerprint density at radius 1 is 1.30 bits per heavy atom. The molecule has 0 saturated carbocycles. The van der Waals surface area contributed by atoms with Crippen molar-refractivity contribution in [3.8, 4) is 5.75 Å². The number of hydrogen-bond acceptors (Lipinski definition) is 4. The molecule has 0 N–H and O–H groups in total. The number of carbonyl (C=O) groups is 1. The Balaban J connectivity index is 2.17. The van der Waals surface area contributed by atoms with Crippen LogP contribution in [0.25, 0.3) is 0 Å². The van der Waals surface area contributed by atoms with Crippen LogP contribution < -0.4 is 4.74 Å². The molecule has 1 heterocycles. The number of nitrogens with zero attached hydrogens (tertiary/aromatic N) is 1. The number of Topliss-reactive ketones (excluding diaryl/α,β-unsaturated/α-hetero) is 1. The van der Waals surface area contributed by atoms with Gasteiger partial charge in [-0.2, -0.15) is 0 Å². The SMILES string of the molecule is CCc1nc(COc2c(C)cccc2C)sc1C(C)=O. The number of benzene rings is 1. The maximum Gasteiger partial charge on any atom is 0.171 e. The summed E-state index contributed by atoms with van der Waals surface area (Å²) in [6.07, 6.45) is 0.773. The van der Waals surface area contributed by atoms with Crippen LogP contribution in [0.1, 0.15) is 45.3 Å². The third kappa shape index (κ3) is 3.07. The van der Waals surface area contributed by atoms with E-state index in [2.05, 4.69) is 4.98 Å². The molecule has 4 heteroatoms. The van der Waals surface area contributed by atoms with Crippen LogP contribution in [-0.2, 0) is 13.0 Å². The molecule has 2 rings (SSSR count). The third-order valence-corrected chi connectivity index (χ3v) is 4.32. The van der Waals surface area contributed by atoms with E-state index in [0.717, 1.165) is 38.9 Å². The lowest BCUT2D eigenvalue weighted by atomic mass is 10.1. The highest BCUT2D eigenvalue weighted by Crippen LogP contribution is 2.25. The highest BCUT2D eigenvalue weighted by atomic mass is 32.1. The largest absolute Gasteiger partial charge is 0.486 e. The zero-order valence-electron chi connectivity index (χ0n) is 12.3. The van der Waals surface area contributed by atoms with Gasteiger partial charge in [0.25, 0.3) is 0 Å². The summed E-state index contributed by atoms with van der Waals surface area (Å²) in [6, 6.07) is 6.08. The summed E-state index contributed by atoms with van der Waals surface area (Å²) < 4.78 is 5.88. The fourth-order valence-corrected chi connectivity index (χ4v) is 3.10. The van der Waals surface area contributed by atoms with Crippen LogP contribution in [0.15, 0.2) is 18.2 Å². The first kappa shape index (κ1) is 14.7. The number of carbonyl (C=O) groups excluding carboxylic acids is 1. The zero-order valence-corrected chi connectivity index (χ0v) is 13.1. The van der Waals surface area contributed by atoms with Gasteiger partial charge in [0, 0.05) is 6.92 Å². The predicted molar refractivity (Wildman–Crippen MR) is 81.7 cm³/mol. The molecule has 0 saturated heterocycles. The van der Waals surface area contributed by atoms with E-state index in [1.165, 1.54) is 11.3 Å². The smallest absolute Gasteiger partial charge is 0.171 e. The van der Waals surface area contributed by atoms with Gasteiger partial charge in [0.15, 0.2) is 5.78 Å².